The number of benzene rings is 1. The van der Waals surface area contributed by atoms with Crippen LogP contribution < -0.4 is 4.74 Å². The van der Waals surface area contributed by atoms with Crippen LogP contribution in [0.5, 0.6) is 5.75 Å². The van der Waals surface area contributed by atoms with Gasteiger partial charge in [-0.3, -0.25) is 0 Å². The molecule has 5 aliphatic carbocycles. The van der Waals surface area contributed by atoms with Crippen molar-refractivity contribution in [2.45, 2.75) is 81.7 Å². The first-order valence-electron chi connectivity index (χ1n) is 13.0. The first-order chi connectivity index (χ1) is 15.5. The fraction of sp³-hybridized carbons (Fsp3) is 0.778. The Labute approximate surface area is 192 Å². The summed E-state index contributed by atoms with van der Waals surface area (Å²) >= 11 is 0. The van der Waals surface area contributed by atoms with Crippen molar-refractivity contribution in [3.05, 3.63) is 29.8 Å². The molecule has 7 rings (SSSR count). The molecule has 1 aromatic rings. The van der Waals surface area contributed by atoms with Crippen molar-refractivity contribution in [2.24, 2.45) is 23.7 Å². The lowest BCUT2D eigenvalue weighted by Crippen LogP contribution is -2.59. The maximum Gasteiger partial charge on any atom is 0.210 e. The Balaban J connectivity index is 1.04. The molecule has 0 aromatic heterocycles. The molecule has 0 N–H and O–H groups in total. The topological polar surface area (TPSA) is 40.2 Å². The number of hydrogen-bond acceptors (Lipinski definition) is 5. The van der Waals surface area contributed by atoms with Gasteiger partial charge in [0.2, 0.25) is 11.6 Å². The molecule has 1 aliphatic heterocycles. The fourth-order valence-corrected chi connectivity index (χ4v) is 7.59. The smallest absolute Gasteiger partial charge is 0.210 e. The first kappa shape index (κ1) is 21.4. The fourth-order valence-electron chi connectivity index (χ4n) is 7.59. The van der Waals surface area contributed by atoms with Crippen LogP contribution in [0.25, 0.3) is 0 Å². The van der Waals surface area contributed by atoms with E-state index in [1.807, 2.05) is 0 Å². The monoisotopic (exact) mass is 441 g/mol. The van der Waals surface area contributed by atoms with Gasteiger partial charge in [-0.2, -0.15) is 9.78 Å². The third-order valence-corrected chi connectivity index (χ3v) is 9.06. The van der Waals surface area contributed by atoms with E-state index in [0.29, 0.717) is 17.8 Å². The standard InChI is InChI=1S/C27H39NO4/c1-28(2)12-3-13-29-25-6-4-21(5-7-25)22-8-10-26(11-9-22)30-27(32-31-26)23-15-19-14-20(17-23)18-24(27)16-19/h4-7,19-20,22-24H,3,8-18H2,1-2H3. The molecule has 32 heavy (non-hydrogen) atoms. The molecule has 0 radical (unpaired) electrons. The molecule has 1 aromatic carbocycles. The van der Waals surface area contributed by atoms with Gasteiger partial charge in [-0.25, -0.2) is 0 Å². The van der Waals surface area contributed by atoms with E-state index in [-0.39, 0.29) is 0 Å². The Bertz CT molecular complexity index is 770. The van der Waals surface area contributed by atoms with Crippen LogP contribution in [0.2, 0.25) is 0 Å². The second-order valence-corrected chi connectivity index (χ2v) is 11.6. The summed E-state index contributed by atoms with van der Waals surface area (Å²) in [6, 6.07) is 8.75. The molecule has 0 unspecified atom stereocenters. The summed E-state index contributed by atoms with van der Waals surface area (Å²) in [6.07, 6.45) is 11.6. The second kappa shape index (κ2) is 8.26. The van der Waals surface area contributed by atoms with Crippen LogP contribution in [0, 0.1) is 23.7 Å². The summed E-state index contributed by atoms with van der Waals surface area (Å²) in [5.41, 5.74) is 1.41. The average molecular weight is 442 g/mol. The van der Waals surface area contributed by atoms with E-state index in [0.717, 1.165) is 62.8 Å². The van der Waals surface area contributed by atoms with Crippen molar-refractivity contribution in [1.29, 1.82) is 0 Å². The zero-order valence-electron chi connectivity index (χ0n) is 19.8. The van der Waals surface area contributed by atoms with Crippen molar-refractivity contribution in [1.82, 2.24) is 4.90 Å². The first-order valence-corrected chi connectivity index (χ1v) is 13.0. The van der Waals surface area contributed by atoms with E-state index >= 15 is 0 Å². The van der Waals surface area contributed by atoms with Gasteiger partial charge < -0.3 is 14.4 Å². The Morgan fingerprint density at radius 3 is 2.19 bits per heavy atom. The van der Waals surface area contributed by atoms with Gasteiger partial charge in [0.15, 0.2) is 0 Å². The maximum absolute atomic E-state index is 6.86. The van der Waals surface area contributed by atoms with Crippen LogP contribution in [0.15, 0.2) is 24.3 Å². The van der Waals surface area contributed by atoms with Crippen molar-refractivity contribution < 1.29 is 19.2 Å². The van der Waals surface area contributed by atoms with Gasteiger partial charge >= 0.3 is 0 Å². The molecule has 5 saturated carbocycles. The van der Waals surface area contributed by atoms with E-state index in [9.17, 15) is 0 Å². The molecule has 176 valence electrons. The lowest BCUT2D eigenvalue weighted by atomic mass is 9.53. The SMILES string of the molecule is CN(C)CCCOc1ccc(C2CCC3(CC2)OOC2(O3)C3CC4CC(C3)CC2C4)cc1. The minimum absolute atomic E-state index is 0.439. The highest BCUT2D eigenvalue weighted by atomic mass is 17.3. The molecule has 1 saturated heterocycles. The lowest BCUT2D eigenvalue weighted by molar-refractivity contribution is -0.390. The predicted molar refractivity (Wildman–Crippen MR) is 122 cm³/mol. The van der Waals surface area contributed by atoms with Crippen molar-refractivity contribution in [2.75, 3.05) is 27.2 Å². The normalized spacial score (nSPS) is 42.4. The Hall–Kier alpha value is -1.14. The van der Waals surface area contributed by atoms with Crippen LogP contribution in [0.4, 0.5) is 0 Å². The Morgan fingerprint density at radius 1 is 0.906 bits per heavy atom. The van der Waals surface area contributed by atoms with E-state index in [1.165, 1.54) is 37.7 Å². The van der Waals surface area contributed by atoms with Gasteiger partial charge in [0, 0.05) is 31.2 Å². The van der Waals surface area contributed by atoms with E-state index in [1.54, 1.807) is 0 Å². The molecular weight excluding hydrogens is 402 g/mol. The minimum atomic E-state index is -0.513. The molecule has 1 heterocycles. The van der Waals surface area contributed by atoms with Crippen molar-refractivity contribution >= 4 is 0 Å². The summed E-state index contributed by atoms with van der Waals surface area (Å²) < 4.78 is 12.8. The summed E-state index contributed by atoms with van der Waals surface area (Å²) in [5.74, 6) is 3.48. The van der Waals surface area contributed by atoms with E-state index in [4.69, 9.17) is 19.2 Å². The molecule has 2 spiro atoms. The van der Waals surface area contributed by atoms with Crippen LogP contribution in [0.3, 0.4) is 0 Å². The van der Waals surface area contributed by atoms with Gasteiger partial charge in [-0.1, -0.05) is 12.1 Å². The van der Waals surface area contributed by atoms with E-state index < -0.39 is 11.6 Å². The molecule has 6 fully saturated rings. The van der Waals surface area contributed by atoms with Crippen LogP contribution in [0.1, 0.15) is 75.7 Å². The third kappa shape index (κ3) is 3.79. The molecule has 5 heteroatoms. The maximum atomic E-state index is 6.86. The second-order valence-electron chi connectivity index (χ2n) is 11.6. The highest BCUT2D eigenvalue weighted by Crippen LogP contribution is 2.64. The van der Waals surface area contributed by atoms with Crippen LogP contribution in [-0.4, -0.2) is 43.7 Å². The van der Waals surface area contributed by atoms with Gasteiger partial charge in [0.25, 0.3) is 0 Å². The third-order valence-electron chi connectivity index (χ3n) is 9.06. The molecular formula is C27H39NO4. The largest absolute Gasteiger partial charge is 0.494 e. The Morgan fingerprint density at radius 2 is 1.56 bits per heavy atom. The average Bonchev–Trinajstić information content (AvgIpc) is 3.15. The summed E-state index contributed by atoms with van der Waals surface area (Å²) in [7, 11) is 4.19. The number of hydrogen-bond donors (Lipinski definition) is 0. The lowest BCUT2D eigenvalue weighted by Gasteiger charge is -2.57. The molecule has 0 amide bonds. The highest BCUT2D eigenvalue weighted by Gasteiger charge is 2.66. The van der Waals surface area contributed by atoms with Gasteiger partial charge in [-0.15, -0.1) is 0 Å². The van der Waals surface area contributed by atoms with Gasteiger partial charge in [0.05, 0.1) is 6.61 Å². The minimum Gasteiger partial charge on any atom is -0.494 e. The molecule has 6 aliphatic rings. The van der Waals surface area contributed by atoms with Crippen LogP contribution in [-0.2, 0) is 14.5 Å². The van der Waals surface area contributed by atoms with Gasteiger partial charge in [-0.05, 0) is 101 Å². The molecule has 5 nitrogen and oxygen atoms in total. The quantitative estimate of drug-likeness (QED) is 0.430. The van der Waals surface area contributed by atoms with Gasteiger partial charge in [0.1, 0.15) is 5.75 Å². The number of rotatable bonds is 6. The molecule has 4 bridgehead atoms. The summed E-state index contributed by atoms with van der Waals surface area (Å²) in [5, 5.41) is 0. The number of nitrogens with zero attached hydrogens (tertiary/aromatic N) is 1. The summed E-state index contributed by atoms with van der Waals surface area (Å²) in [6.45, 7) is 1.82. The molecule has 0 atom stereocenters. The van der Waals surface area contributed by atoms with E-state index in [2.05, 4.69) is 43.3 Å². The summed E-state index contributed by atoms with van der Waals surface area (Å²) in [4.78, 5) is 14.5. The van der Waals surface area contributed by atoms with Crippen molar-refractivity contribution in [3.8, 4) is 5.75 Å². The predicted octanol–water partition coefficient (Wildman–Crippen LogP) is 5.50. The Kier molecular flexibility index (Phi) is 5.53. The zero-order chi connectivity index (χ0) is 21.8. The number of ether oxygens (including phenoxy) is 2. The highest BCUT2D eigenvalue weighted by molar-refractivity contribution is 5.30. The van der Waals surface area contributed by atoms with Crippen LogP contribution >= 0.6 is 0 Å². The zero-order valence-corrected chi connectivity index (χ0v) is 19.8. The van der Waals surface area contributed by atoms with Crippen molar-refractivity contribution in [3.63, 3.8) is 0 Å².